The fraction of sp³-hybridized carbons (Fsp3) is 0.250. The van der Waals surface area contributed by atoms with Crippen molar-refractivity contribution in [1.82, 2.24) is 4.98 Å². The van der Waals surface area contributed by atoms with Gasteiger partial charge in [-0.15, -0.1) is 0 Å². The van der Waals surface area contributed by atoms with E-state index < -0.39 is 11.9 Å². The molecule has 0 bridgehead atoms. The number of carbonyl (C=O) groups excluding carboxylic acids is 2. The summed E-state index contributed by atoms with van der Waals surface area (Å²) in [5.41, 5.74) is 1.80. The lowest BCUT2D eigenvalue weighted by Crippen LogP contribution is -2.33. The molecule has 0 saturated heterocycles. The Morgan fingerprint density at radius 3 is 2.78 bits per heavy atom. The van der Waals surface area contributed by atoms with Crippen molar-refractivity contribution in [3.63, 3.8) is 0 Å². The molecular formula is C12H12N2O4. The van der Waals surface area contributed by atoms with Crippen molar-refractivity contribution in [2.75, 3.05) is 19.1 Å². The van der Waals surface area contributed by atoms with Crippen LogP contribution in [0, 0.1) is 6.92 Å². The number of fused-ring (bicyclic) bond motifs is 1. The molecule has 1 heterocycles. The van der Waals surface area contributed by atoms with Crippen LogP contribution in [0.5, 0.6) is 0 Å². The van der Waals surface area contributed by atoms with Crippen molar-refractivity contribution in [3.8, 4) is 0 Å². The van der Waals surface area contributed by atoms with Gasteiger partial charge in [0, 0.05) is 25.7 Å². The Morgan fingerprint density at radius 1 is 1.39 bits per heavy atom. The number of methoxy groups -OCH3 is 1. The van der Waals surface area contributed by atoms with E-state index >= 15 is 0 Å². The zero-order chi connectivity index (χ0) is 13.3. The molecule has 1 aromatic heterocycles. The fourth-order valence-electron chi connectivity index (χ4n) is 1.58. The number of rotatable bonds is 1. The number of amides is 1. The van der Waals surface area contributed by atoms with Crippen LogP contribution in [-0.2, 0) is 14.3 Å². The van der Waals surface area contributed by atoms with E-state index in [1.54, 1.807) is 25.1 Å². The molecule has 0 aliphatic carbocycles. The normalized spacial score (nSPS) is 10.4. The number of aryl methyl sites for hydroxylation is 1. The number of oxazole rings is 1. The predicted octanol–water partition coefficient (Wildman–Crippen LogP) is 1.27. The zero-order valence-corrected chi connectivity index (χ0v) is 10.3. The second-order valence-electron chi connectivity index (χ2n) is 3.74. The second kappa shape index (κ2) is 4.48. The summed E-state index contributed by atoms with van der Waals surface area (Å²) < 4.78 is 9.74. The van der Waals surface area contributed by atoms with Crippen LogP contribution in [0.15, 0.2) is 22.6 Å². The van der Waals surface area contributed by atoms with Gasteiger partial charge < -0.3 is 14.1 Å². The maximum atomic E-state index is 11.6. The molecule has 1 aromatic carbocycles. The van der Waals surface area contributed by atoms with E-state index in [2.05, 4.69) is 9.72 Å². The number of benzene rings is 1. The Labute approximate surface area is 103 Å². The van der Waals surface area contributed by atoms with Crippen LogP contribution < -0.4 is 4.90 Å². The smallest absolute Gasteiger partial charge is 0.397 e. The van der Waals surface area contributed by atoms with Gasteiger partial charge in [-0.25, -0.2) is 9.78 Å². The SMILES string of the molecule is COC(=O)C(=O)N(C)c1ccc2nc(C)oc2c1. The number of aromatic nitrogens is 1. The second-order valence-corrected chi connectivity index (χ2v) is 3.74. The van der Waals surface area contributed by atoms with E-state index in [0.717, 1.165) is 7.11 Å². The predicted molar refractivity (Wildman–Crippen MR) is 64.2 cm³/mol. The third kappa shape index (κ3) is 2.04. The van der Waals surface area contributed by atoms with Crippen molar-refractivity contribution >= 4 is 28.7 Å². The van der Waals surface area contributed by atoms with Gasteiger partial charge in [0.1, 0.15) is 5.52 Å². The van der Waals surface area contributed by atoms with Gasteiger partial charge in [-0.1, -0.05) is 0 Å². The summed E-state index contributed by atoms with van der Waals surface area (Å²) in [6.45, 7) is 1.74. The van der Waals surface area contributed by atoms with Crippen LogP contribution >= 0.6 is 0 Å². The fourth-order valence-corrected chi connectivity index (χ4v) is 1.58. The minimum atomic E-state index is -0.911. The number of nitrogens with zero attached hydrogens (tertiary/aromatic N) is 2. The Kier molecular flexibility index (Phi) is 3.01. The minimum absolute atomic E-state index is 0.536. The highest BCUT2D eigenvalue weighted by molar-refractivity contribution is 6.38. The van der Waals surface area contributed by atoms with Gasteiger partial charge in [-0.2, -0.15) is 0 Å². The highest BCUT2D eigenvalue weighted by Crippen LogP contribution is 2.22. The maximum Gasteiger partial charge on any atom is 0.397 e. The molecule has 0 spiro atoms. The zero-order valence-electron chi connectivity index (χ0n) is 10.3. The third-order valence-corrected chi connectivity index (χ3v) is 2.53. The summed E-state index contributed by atoms with van der Waals surface area (Å²) in [5.74, 6) is -1.11. The van der Waals surface area contributed by atoms with Crippen LogP contribution in [0.4, 0.5) is 5.69 Å². The van der Waals surface area contributed by atoms with Crippen molar-refractivity contribution in [2.24, 2.45) is 0 Å². The first kappa shape index (κ1) is 12.1. The average Bonchev–Trinajstić information content (AvgIpc) is 2.74. The van der Waals surface area contributed by atoms with Gasteiger partial charge in [0.2, 0.25) is 0 Å². The number of hydrogen-bond acceptors (Lipinski definition) is 5. The summed E-state index contributed by atoms with van der Waals surface area (Å²) >= 11 is 0. The molecule has 94 valence electrons. The topological polar surface area (TPSA) is 72.6 Å². The standard InChI is InChI=1S/C12H12N2O4/c1-7-13-9-5-4-8(6-10(9)18-7)14(2)11(15)12(16)17-3/h4-6H,1-3H3. The number of hydrogen-bond donors (Lipinski definition) is 0. The van der Waals surface area contributed by atoms with Crippen molar-refractivity contribution in [1.29, 1.82) is 0 Å². The lowest BCUT2D eigenvalue weighted by atomic mass is 10.2. The van der Waals surface area contributed by atoms with E-state index in [1.165, 1.54) is 11.9 Å². The summed E-state index contributed by atoms with van der Waals surface area (Å²) in [4.78, 5) is 28.1. The molecule has 0 N–H and O–H groups in total. The van der Waals surface area contributed by atoms with Gasteiger partial charge in [-0.05, 0) is 12.1 Å². The van der Waals surface area contributed by atoms with E-state index in [-0.39, 0.29) is 0 Å². The molecular weight excluding hydrogens is 236 g/mol. The van der Waals surface area contributed by atoms with Crippen LogP contribution in [0.25, 0.3) is 11.1 Å². The number of esters is 1. The van der Waals surface area contributed by atoms with E-state index in [4.69, 9.17) is 4.42 Å². The first-order valence-electron chi connectivity index (χ1n) is 5.26. The summed E-state index contributed by atoms with van der Waals surface area (Å²) in [7, 11) is 2.65. The average molecular weight is 248 g/mol. The molecule has 6 nitrogen and oxygen atoms in total. The minimum Gasteiger partial charge on any atom is -0.462 e. The molecule has 0 saturated carbocycles. The Morgan fingerprint density at radius 2 is 2.11 bits per heavy atom. The first-order chi connectivity index (χ1) is 8.52. The molecule has 6 heteroatoms. The highest BCUT2D eigenvalue weighted by atomic mass is 16.5. The van der Waals surface area contributed by atoms with Gasteiger partial charge in [0.25, 0.3) is 0 Å². The van der Waals surface area contributed by atoms with E-state index in [1.807, 2.05) is 0 Å². The highest BCUT2D eigenvalue weighted by Gasteiger charge is 2.21. The number of ether oxygens (including phenoxy) is 1. The lowest BCUT2D eigenvalue weighted by Gasteiger charge is -2.15. The van der Waals surface area contributed by atoms with E-state index in [9.17, 15) is 9.59 Å². The molecule has 0 fully saturated rings. The van der Waals surface area contributed by atoms with Gasteiger partial charge >= 0.3 is 11.9 Å². The van der Waals surface area contributed by atoms with Crippen LogP contribution in [0.1, 0.15) is 5.89 Å². The van der Waals surface area contributed by atoms with Crippen LogP contribution in [0.3, 0.4) is 0 Å². The maximum absolute atomic E-state index is 11.6. The molecule has 18 heavy (non-hydrogen) atoms. The van der Waals surface area contributed by atoms with Crippen molar-refractivity contribution < 1.29 is 18.7 Å². The third-order valence-electron chi connectivity index (χ3n) is 2.53. The molecule has 0 radical (unpaired) electrons. The van der Waals surface area contributed by atoms with Crippen molar-refractivity contribution in [2.45, 2.75) is 6.92 Å². The quantitative estimate of drug-likeness (QED) is 0.561. The number of anilines is 1. The van der Waals surface area contributed by atoms with Crippen LogP contribution in [0.2, 0.25) is 0 Å². The van der Waals surface area contributed by atoms with Gasteiger partial charge in [0.15, 0.2) is 11.5 Å². The van der Waals surface area contributed by atoms with E-state index in [0.29, 0.717) is 22.7 Å². The molecule has 0 unspecified atom stereocenters. The van der Waals surface area contributed by atoms with Crippen LogP contribution in [-0.4, -0.2) is 31.0 Å². The first-order valence-corrected chi connectivity index (χ1v) is 5.26. The van der Waals surface area contributed by atoms with Gasteiger partial charge in [0.05, 0.1) is 7.11 Å². The molecule has 0 aliphatic heterocycles. The monoisotopic (exact) mass is 248 g/mol. The molecule has 2 aromatic rings. The Balaban J connectivity index is 2.35. The Bertz CT molecular complexity index is 618. The van der Waals surface area contributed by atoms with Gasteiger partial charge in [-0.3, -0.25) is 4.79 Å². The summed E-state index contributed by atoms with van der Waals surface area (Å²) in [5, 5.41) is 0. The Hall–Kier alpha value is -2.37. The summed E-state index contributed by atoms with van der Waals surface area (Å²) in [6, 6.07) is 5.06. The molecule has 0 atom stereocenters. The molecule has 1 amide bonds. The molecule has 0 aliphatic rings. The molecule has 2 rings (SSSR count). The summed E-state index contributed by atoms with van der Waals surface area (Å²) in [6.07, 6.45) is 0. The largest absolute Gasteiger partial charge is 0.462 e. The number of likely N-dealkylation sites (N-methyl/N-ethyl adjacent to an activating group) is 1. The van der Waals surface area contributed by atoms with Crippen molar-refractivity contribution in [3.05, 3.63) is 24.1 Å². The lowest BCUT2D eigenvalue weighted by molar-refractivity contribution is -0.151. The number of carbonyl (C=O) groups is 2.